The minimum atomic E-state index is -0.488. The molecule has 1 saturated heterocycles. The second-order valence-electron chi connectivity index (χ2n) is 7.18. The van der Waals surface area contributed by atoms with Crippen LogP contribution in [0.25, 0.3) is 0 Å². The van der Waals surface area contributed by atoms with E-state index in [4.69, 9.17) is 4.74 Å². The molecule has 1 aromatic heterocycles. The molecule has 1 aliphatic carbocycles. The van der Waals surface area contributed by atoms with Gasteiger partial charge in [0.25, 0.3) is 0 Å². The van der Waals surface area contributed by atoms with Gasteiger partial charge in [-0.05, 0) is 64.6 Å². The number of carbonyl (C=O) groups is 1. The van der Waals surface area contributed by atoms with Gasteiger partial charge in [0.1, 0.15) is 11.4 Å². The molecule has 2 heterocycles. The molecule has 1 aliphatic heterocycles. The summed E-state index contributed by atoms with van der Waals surface area (Å²) >= 11 is 0. The molecule has 0 spiro atoms. The summed E-state index contributed by atoms with van der Waals surface area (Å²) < 4.78 is 5.52. The summed E-state index contributed by atoms with van der Waals surface area (Å²) in [6.45, 7) is 6.73. The first-order valence-corrected chi connectivity index (χ1v) is 8.15. The zero-order valence-electron chi connectivity index (χ0n) is 13.6. The lowest BCUT2D eigenvalue weighted by molar-refractivity contribution is 0.0576. The molecule has 120 valence electrons. The Morgan fingerprint density at radius 3 is 2.59 bits per heavy atom. The van der Waals surface area contributed by atoms with E-state index in [0.717, 1.165) is 25.8 Å². The maximum atomic E-state index is 12.4. The lowest BCUT2D eigenvalue weighted by atomic mass is 10.1. The van der Waals surface area contributed by atoms with Crippen molar-refractivity contribution >= 4 is 11.9 Å². The first kappa shape index (κ1) is 15.3. The molecule has 1 aromatic rings. The Morgan fingerprint density at radius 2 is 2.09 bits per heavy atom. The Hall–Kier alpha value is -1.62. The van der Waals surface area contributed by atoms with Gasteiger partial charge in [0, 0.05) is 18.3 Å². The molecule has 1 saturated carbocycles. The minimum Gasteiger partial charge on any atom is -0.443 e. The quantitative estimate of drug-likeness (QED) is 0.929. The molecule has 2 aliphatic rings. The van der Waals surface area contributed by atoms with Crippen LogP contribution in [-0.2, 0) is 4.74 Å². The van der Waals surface area contributed by atoms with Crippen LogP contribution >= 0.6 is 0 Å². The Balaban J connectivity index is 1.75. The van der Waals surface area contributed by atoms with Crippen molar-refractivity contribution in [1.82, 2.24) is 10.3 Å². The number of aromatic nitrogens is 1. The van der Waals surface area contributed by atoms with Gasteiger partial charge in [-0.2, -0.15) is 0 Å². The normalized spacial score (nSPS) is 21.7. The van der Waals surface area contributed by atoms with Crippen molar-refractivity contribution < 1.29 is 9.53 Å². The summed E-state index contributed by atoms with van der Waals surface area (Å²) in [4.78, 5) is 18.7. The van der Waals surface area contributed by atoms with Gasteiger partial charge in [-0.1, -0.05) is 6.07 Å². The fourth-order valence-electron chi connectivity index (χ4n) is 2.79. The molecule has 2 fully saturated rings. The van der Waals surface area contributed by atoms with Crippen LogP contribution in [0.2, 0.25) is 0 Å². The smallest absolute Gasteiger partial charge is 0.416 e. The Labute approximate surface area is 132 Å². The van der Waals surface area contributed by atoms with E-state index in [1.807, 2.05) is 33.0 Å². The number of hydrogen-bond acceptors (Lipinski definition) is 4. The van der Waals surface area contributed by atoms with Crippen LogP contribution in [0.3, 0.4) is 0 Å². The number of ether oxygens (including phenoxy) is 1. The molecule has 1 atom stereocenters. The van der Waals surface area contributed by atoms with Gasteiger partial charge in [0.05, 0.1) is 0 Å². The van der Waals surface area contributed by atoms with Crippen molar-refractivity contribution in [3.8, 4) is 0 Å². The van der Waals surface area contributed by atoms with Crippen LogP contribution in [0.1, 0.15) is 58.1 Å². The SMILES string of the molecule is CC(C)(C)OC(=O)N(c1ccc(C2CCCN2)cn1)C1CC1. The molecule has 0 bridgehead atoms. The van der Waals surface area contributed by atoms with Crippen LogP contribution in [0.15, 0.2) is 18.3 Å². The number of anilines is 1. The van der Waals surface area contributed by atoms with Crippen LogP contribution < -0.4 is 10.2 Å². The zero-order chi connectivity index (χ0) is 15.7. The predicted molar refractivity (Wildman–Crippen MR) is 85.9 cm³/mol. The monoisotopic (exact) mass is 303 g/mol. The molecule has 1 amide bonds. The molecule has 3 rings (SSSR count). The van der Waals surface area contributed by atoms with Crippen LogP contribution in [0.5, 0.6) is 0 Å². The predicted octanol–water partition coefficient (Wildman–Crippen LogP) is 3.41. The van der Waals surface area contributed by atoms with E-state index in [2.05, 4.69) is 16.4 Å². The zero-order valence-corrected chi connectivity index (χ0v) is 13.6. The molecule has 0 aromatic carbocycles. The average Bonchev–Trinajstić information content (AvgIpc) is 3.11. The van der Waals surface area contributed by atoms with Crippen molar-refractivity contribution in [3.63, 3.8) is 0 Å². The lowest BCUT2D eigenvalue weighted by Crippen LogP contribution is -2.38. The number of pyridine rings is 1. The van der Waals surface area contributed by atoms with Gasteiger partial charge in [0.15, 0.2) is 0 Å². The standard InChI is InChI=1S/C17H25N3O2/c1-17(2,3)22-16(21)20(13-7-8-13)15-9-6-12(11-19-15)14-5-4-10-18-14/h6,9,11,13-14,18H,4-5,7-8,10H2,1-3H3. The first-order valence-electron chi connectivity index (χ1n) is 8.15. The molecular weight excluding hydrogens is 278 g/mol. The highest BCUT2D eigenvalue weighted by atomic mass is 16.6. The third kappa shape index (κ3) is 3.58. The van der Waals surface area contributed by atoms with Gasteiger partial charge < -0.3 is 10.1 Å². The van der Waals surface area contributed by atoms with Gasteiger partial charge >= 0.3 is 6.09 Å². The molecule has 1 N–H and O–H groups in total. The maximum absolute atomic E-state index is 12.4. The maximum Gasteiger partial charge on any atom is 0.416 e. The summed E-state index contributed by atoms with van der Waals surface area (Å²) in [7, 11) is 0. The van der Waals surface area contributed by atoms with Crippen molar-refractivity contribution in [2.24, 2.45) is 0 Å². The van der Waals surface area contributed by atoms with Crippen molar-refractivity contribution in [3.05, 3.63) is 23.9 Å². The minimum absolute atomic E-state index is 0.234. The van der Waals surface area contributed by atoms with Crippen molar-refractivity contribution in [2.75, 3.05) is 11.4 Å². The average molecular weight is 303 g/mol. The summed E-state index contributed by atoms with van der Waals surface area (Å²) in [5.74, 6) is 0.693. The van der Waals surface area contributed by atoms with E-state index in [-0.39, 0.29) is 12.1 Å². The summed E-state index contributed by atoms with van der Waals surface area (Å²) in [5, 5.41) is 3.47. The summed E-state index contributed by atoms with van der Waals surface area (Å²) in [5.41, 5.74) is 0.707. The number of nitrogens with zero attached hydrogens (tertiary/aromatic N) is 2. The second kappa shape index (κ2) is 5.88. The van der Waals surface area contributed by atoms with Gasteiger partial charge in [0.2, 0.25) is 0 Å². The second-order valence-corrected chi connectivity index (χ2v) is 7.18. The van der Waals surface area contributed by atoms with E-state index in [0.29, 0.717) is 11.9 Å². The van der Waals surface area contributed by atoms with E-state index >= 15 is 0 Å². The molecule has 5 nitrogen and oxygen atoms in total. The Morgan fingerprint density at radius 1 is 1.32 bits per heavy atom. The van der Waals surface area contributed by atoms with Crippen LogP contribution in [0, 0.1) is 0 Å². The summed E-state index contributed by atoms with van der Waals surface area (Å²) in [6.07, 6.45) is 5.99. The number of nitrogens with one attached hydrogen (secondary N) is 1. The molecular formula is C17H25N3O2. The first-order chi connectivity index (χ1) is 10.4. The fourth-order valence-corrected chi connectivity index (χ4v) is 2.79. The van der Waals surface area contributed by atoms with Gasteiger partial charge in [-0.15, -0.1) is 0 Å². The van der Waals surface area contributed by atoms with Crippen LogP contribution in [0.4, 0.5) is 10.6 Å². The third-order valence-electron chi connectivity index (χ3n) is 3.98. The van der Waals surface area contributed by atoms with Crippen molar-refractivity contribution in [1.29, 1.82) is 0 Å². The fraction of sp³-hybridized carbons (Fsp3) is 0.647. The molecule has 1 unspecified atom stereocenters. The highest BCUT2D eigenvalue weighted by Crippen LogP contribution is 2.33. The Kier molecular flexibility index (Phi) is 4.08. The van der Waals surface area contributed by atoms with Crippen LogP contribution in [-0.4, -0.2) is 29.3 Å². The number of rotatable bonds is 3. The highest BCUT2D eigenvalue weighted by molar-refractivity contribution is 5.88. The number of amides is 1. The molecule has 5 heteroatoms. The highest BCUT2D eigenvalue weighted by Gasteiger charge is 2.37. The van der Waals surface area contributed by atoms with E-state index < -0.39 is 5.60 Å². The molecule has 22 heavy (non-hydrogen) atoms. The third-order valence-corrected chi connectivity index (χ3v) is 3.98. The molecule has 0 radical (unpaired) electrons. The van der Waals surface area contributed by atoms with Gasteiger partial charge in [-0.3, -0.25) is 4.90 Å². The van der Waals surface area contributed by atoms with E-state index in [1.165, 1.54) is 12.0 Å². The van der Waals surface area contributed by atoms with Gasteiger partial charge in [-0.25, -0.2) is 9.78 Å². The van der Waals surface area contributed by atoms with Crippen molar-refractivity contribution in [2.45, 2.75) is 64.1 Å². The van der Waals surface area contributed by atoms with E-state index in [1.54, 1.807) is 4.90 Å². The Bertz CT molecular complexity index is 526. The summed E-state index contributed by atoms with van der Waals surface area (Å²) in [6, 6.07) is 4.65. The number of carbonyl (C=O) groups excluding carboxylic acids is 1. The van der Waals surface area contributed by atoms with E-state index in [9.17, 15) is 4.79 Å². The topological polar surface area (TPSA) is 54.5 Å². The number of hydrogen-bond donors (Lipinski definition) is 1. The largest absolute Gasteiger partial charge is 0.443 e. The lowest BCUT2D eigenvalue weighted by Gasteiger charge is -2.27.